The number of hydrogen-bond acceptors (Lipinski definition) is 5. The van der Waals surface area contributed by atoms with E-state index in [0.29, 0.717) is 45.5 Å². The van der Waals surface area contributed by atoms with E-state index in [1.54, 1.807) is 49.5 Å². The summed E-state index contributed by atoms with van der Waals surface area (Å²) in [6.45, 7) is 0.300. The molecular formula is C24H19ClN6O2. The Morgan fingerprint density at radius 3 is 2.52 bits per heavy atom. The summed E-state index contributed by atoms with van der Waals surface area (Å²) in [4.78, 5) is 25.5. The molecule has 33 heavy (non-hydrogen) atoms. The molecule has 2 heterocycles. The summed E-state index contributed by atoms with van der Waals surface area (Å²) in [6.07, 6.45) is 0. The third-order valence-corrected chi connectivity index (χ3v) is 5.66. The first kappa shape index (κ1) is 20.7. The van der Waals surface area contributed by atoms with Gasteiger partial charge in [-0.15, -0.1) is 10.2 Å². The molecule has 1 amide bonds. The standard InChI is InChI=1S/C24H19ClN6O2/c1-30-23(33)18-7-3-5-9-20(18)31-21(28-29-24(30)31)14-26-19-8-4-2-6-17(19)22(32)27-16-12-10-15(25)11-13-16/h2-13,26H,14H2,1H3,(H,27,32). The van der Waals surface area contributed by atoms with Gasteiger partial charge in [0.1, 0.15) is 0 Å². The molecule has 0 aliphatic carbocycles. The van der Waals surface area contributed by atoms with Gasteiger partial charge in [-0.2, -0.15) is 0 Å². The van der Waals surface area contributed by atoms with Gasteiger partial charge in [-0.1, -0.05) is 35.9 Å². The number of nitrogens with zero attached hydrogens (tertiary/aromatic N) is 4. The molecular weight excluding hydrogens is 440 g/mol. The number of hydrogen-bond donors (Lipinski definition) is 2. The number of amides is 1. The van der Waals surface area contributed by atoms with E-state index in [-0.39, 0.29) is 11.5 Å². The van der Waals surface area contributed by atoms with E-state index in [1.807, 2.05) is 34.7 Å². The van der Waals surface area contributed by atoms with Gasteiger partial charge in [-0.3, -0.25) is 18.6 Å². The molecule has 3 aromatic carbocycles. The molecule has 0 unspecified atom stereocenters. The van der Waals surface area contributed by atoms with E-state index >= 15 is 0 Å². The van der Waals surface area contributed by atoms with Gasteiger partial charge < -0.3 is 10.6 Å². The number of para-hydroxylation sites is 2. The van der Waals surface area contributed by atoms with Crippen molar-refractivity contribution in [1.29, 1.82) is 0 Å². The van der Waals surface area contributed by atoms with E-state index in [1.165, 1.54) is 4.57 Å². The molecule has 2 N–H and O–H groups in total. The number of anilines is 2. The Morgan fingerprint density at radius 1 is 0.970 bits per heavy atom. The molecule has 0 radical (unpaired) electrons. The number of carbonyl (C=O) groups excluding carboxylic acids is 1. The minimum Gasteiger partial charge on any atom is -0.377 e. The Balaban J connectivity index is 1.46. The van der Waals surface area contributed by atoms with Gasteiger partial charge in [0.15, 0.2) is 5.82 Å². The van der Waals surface area contributed by atoms with Crippen LogP contribution in [-0.4, -0.2) is 25.1 Å². The van der Waals surface area contributed by atoms with Gasteiger partial charge in [-0.25, -0.2) is 0 Å². The number of rotatable bonds is 5. The lowest BCUT2D eigenvalue weighted by Crippen LogP contribution is -2.20. The van der Waals surface area contributed by atoms with E-state index < -0.39 is 0 Å². The highest BCUT2D eigenvalue weighted by Crippen LogP contribution is 2.20. The lowest BCUT2D eigenvalue weighted by molar-refractivity contribution is 0.102. The fourth-order valence-electron chi connectivity index (χ4n) is 3.75. The van der Waals surface area contributed by atoms with Crippen molar-refractivity contribution < 1.29 is 4.79 Å². The molecule has 0 fully saturated rings. The molecule has 164 valence electrons. The lowest BCUT2D eigenvalue weighted by atomic mass is 10.1. The van der Waals surface area contributed by atoms with Crippen molar-refractivity contribution in [2.45, 2.75) is 6.54 Å². The van der Waals surface area contributed by atoms with Crippen molar-refractivity contribution in [2.75, 3.05) is 10.6 Å². The molecule has 0 bridgehead atoms. The highest BCUT2D eigenvalue weighted by molar-refractivity contribution is 6.30. The molecule has 5 rings (SSSR count). The maximum atomic E-state index is 12.9. The normalized spacial score (nSPS) is 11.1. The summed E-state index contributed by atoms with van der Waals surface area (Å²) >= 11 is 5.92. The monoisotopic (exact) mass is 458 g/mol. The van der Waals surface area contributed by atoms with Gasteiger partial charge in [0.2, 0.25) is 5.78 Å². The molecule has 0 spiro atoms. The Bertz CT molecular complexity index is 1560. The topological polar surface area (TPSA) is 93.3 Å². The van der Waals surface area contributed by atoms with E-state index in [0.717, 1.165) is 5.52 Å². The number of carbonyl (C=O) groups is 1. The van der Waals surface area contributed by atoms with Gasteiger partial charge in [-0.05, 0) is 48.5 Å². The van der Waals surface area contributed by atoms with Crippen LogP contribution in [0.3, 0.4) is 0 Å². The van der Waals surface area contributed by atoms with E-state index in [4.69, 9.17) is 11.6 Å². The number of fused-ring (bicyclic) bond motifs is 3. The van der Waals surface area contributed by atoms with E-state index in [2.05, 4.69) is 20.8 Å². The fraction of sp³-hybridized carbons (Fsp3) is 0.0833. The summed E-state index contributed by atoms with van der Waals surface area (Å²) in [5.74, 6) is 0.813. The zero-order chi connectivity index (χ0) is 22.9. The number of benzene rings is 3. The first-order valence-electron chi connectivity index (χ1n) is 10.2. The molecule has 0 atom stereocenters. The molecule has 0 aliphatic heterocycles. The lowest BCUT2D eigenvalue weighted by Gasteiger charge is -2.12. The maximum Gasteiger partial charge on any atom is 0.262 e. The van der Waals surface area contributed by atoms with Crippen LogP contribution >= 0.6 is 11.6 Å². The fourth-order valence-corrected chi connectivity index (χ4v) is 3.87. The van der Waals surface area contributed by atoms with Crippen molar-refractivity contribution in [1.82, 2.24) is 19.2 Å². The second kappa shape index (κ2) is 8.40. The van der Waals surface area contributed by atoms with Gasteiger partial charge >= 0.3 is 0 Å². The molecule has 0 aliphatic rings. The largest absolute Gasteiger partial charge is 0.377 e. The quantitative estimate of drug-likeness (QED) is 0.413. The van der Waals surface area contributed by atoms with E-state index in [9.17, 15) is 9.59 Å². The Hall–Kier alpha value is -4.17. The van der Waals surface area contributed by atoms with Crippen molar-refractivity contribution in [3.05, 3.63) is 99.6 Å². The van der Waals surface area contributed by atoms with Crippen molar-refractivity contribution in [2.24, 2.45) is 7.05 Å². The second-order valence-electron chi connectivity index (χ2n) is 7.49. The summed E-state index contributed by atoms with van der Waals surface area (Å²) in [5, 5.41) is 15.8. The van der Waals surface area contributed by atoms with Crippen LogP contribution in [0.2, 0.25) is 5.02 Å². The maximum absolute atomic E-state index is 12.9. The Kier molecular flexibility index (Phi) is 5.27. The van der Waals surface area contributed by atoms with Crippen molar-refractivity contribution in [3.8, 4) is 0 Å². The zero-order valence-corrected chi connectivity index (χ0v) is 18.4. The van der Waals surface area contributed by atoms with Crippen LogP contribution in [-0.2, 0) is 13.6 Å². The molecule has 5 aromatic rings. The molecule has 9 heteroatoms. The summed E-state index contributed by atoms with van der Waals surface area (Å²) < 4.78 is 3.33. The van der Waals surface area contributed by atoms with Crippen LogP contribution < -0.4 is 16.2 Å². The average Bonchev–Trinajstić information content (AvgIpc) is 3.27. The van der Waals surface area contributed by atoms with Gasteiger partial charge in [0.25, 0.3) is 11.5 Å². The first-order chi connectivity index (χ1) is 16.0. The SMILES string of the molecule is Cn1c(=O)c2ccccc2n2c(CNc3ccccc3C(=O)Nc3ccc(Cl)cc3)nnc12. The molecule has 8 nitrogen and oxygen atoms in total. The summed E-state index contributed by atoms with van der Waals surface area (Å²) in [6, 6.07) is 21.5. The van der Waals surface area contributed by atoms with Crippen LogP contribution in [0.1, 0.15) is 16.2 Å². The predicted molar refractivity (Wildman–Crippen MR) is 129 cm³/mol. The molecule has 2 aromatic heterocycles. The molecule has 0 saturated heterocycles. The summed E-state index contributed by atoms with van der Waals surface area (Å²) in [5.41, 5.74) is 2.38. The number of aromatic nitrogens is 4. The third kappa shape index (κ3) is 3.81. The van der Waals surface area contributed by atoms with Crippen molar-refractivity contribution >= 4 is 45.6 Å². The van der Waals surface area contributed by atoms with Crippen LogP contribution in [0.5, 0.6) is 0 Å². The molecule has 0 saturated carbocycles. The highest BCUT2D eigenvalue weighted by atomic mass is 35.5. The Morgan fingerprint density at radius 2 is 1.70 bits per heavy atom. The number of aryl methyl sites for hydroxylation is 1. The average molecular weight is 459 g/mol. The first-order valence-corrected chi connectivity index (χ1v) is 10.6. The highest BCUT2D eigenvalue weighted by Gasteiger charge is 2.16. The minimum absolute atomic E-state index is 0.130. The van der Waals surface area contributed by atoms with Crippen LogP contribution in [0, 0.1) is 0 Å². The van der Waals surface area contributed by atoms with Gasteiger partial charge in [0, 0.05) is 23.4 Å². The van der Waals surface area contributed by atoms with Gasteiger partial charge in [0.05, 0.1) is 23.0 Å². The zero-order valence-electron chi connectivity index (χ0n) is 17.6. The second-order valence-corrected chi connectivity index (χ2v) is 7.93. The van der Waals surface area contributed by atoms with Crippen LogP contribution in [0.4, 0.5) is 11.4 Å². The predicted octanol–water partition coefficient (Wildman–Crippen LogP) is 4.10. The number of halogens is 1. The Labute approximate surface area is 193 Å². The van der Waals surface area contributed by atoms with Crippen LogP contribution in [0.25, 0.3) is 16.7 Å². The minimum atomic E-state index is -0.251. The smallest absolute Gasteiger partial charge is 0.262 e. The van der Waals surface area contributed by atoms with Crippen molar-refractivity contribution in [3.63, 3.8) is 0 Å². The third-order valence-electron chi connectivity index (χ3n) is 5.40. The van der Waals surface area contributed by atoms with Crippen LogP contribution in [0.15, 0.2) is 77.6 Å². The summed E-state index contributed by atoms with van der Waals surface area (Å²) in [7, 11) is 1.67. The number of nitrogens with one attached hydrogen (secondary N) is 2.